The van der Waals surface area contributed by atoms with Gasteiger partial charge in [-0.3, -0.25) is 18.5 Å². The predicted molar refractivity (Wildman–Crippen MR) is 143 cm³/mol. The van der Waals surface area contributed by atoms with Gasteiger partial charge in [0.05, 0.1) is 12.7 Å². The molecule has 0 aliphatic carbocycles. The third-order valence-corrected chi connectivity index (χ3v) is 7.26. The standard InChI is InChI=1S/C24H27N7O4.C2HF3O2/c1-28-21-20(22(32)30(24(28)33)10-12-34-17-5-3-2-4-6-17)31(15-19-26-8-11-35-19)23(27-21)29-9-7-16-13-25-14-18(16)29;3-2(4,5)1(6)7/h2-6,8,11,16,18,25H,7,9-10,12-15H2,1H3;(H,6,7). The van der Waals surface area contributed by atoms with Crippen LogP contribution in [0.1, 0.15) is 12.3 Å². The molecule has 6 rings (SSSR count). The number of carboxylic acid groups (broad SMARTS) is 1. The van der Waals surface area contributed by atoms with Gasteiger partial charge in [0.2, 0.25) is 11.8 Å². The number of para-hydroxylation sites is 1. The van der Waals surface area contributed by atoms with Gasteiger partial charge in [-0.05, 0) is 24.5 Å². The number of aryl methyl sites for hydroxylation is 1. The molecule has 0 saturated carbocycles. The zero-order valence-electron chi connectivity index (χ0n) is 22.5. The van der Waals surface area contributed by atoms with Gasteiger partial charge in [-0.2, -0.15) is 18.2 Å². The Morgan fingerprint density at radius 2 is 1.93 bits per heavy atom. The van der Waals surface area contributed by atoms with E-state index in [0.29, 0.717) is 40.7 Å². The van der Waals surface area contributed by atoms with E-state index in [0.717, 1.165) is 26.1 Å². The number of fused-ring (bicyclic) bond motifs is 2. The summed E-state index contributed by atoms with van der Waals surface area (Å²) in [7, 11) is 1.65. The molecule has 2 atom stereocenters. The molecular formula is C26H28F3N7O6. The van der Waals surface area contributed by atoms with Crippen molar-refractivity contribution in [3.8, 4) is 5.75 Å². The average molecular weight is 592 g/mol. The number of oxazole rings is 1. The topological polar surface area (TPSA) is 150 Å². The molecule has 16 heteroatoms. The van der Waals surface area contributed by atoms with E-state index in [4.69, 9.17) is 24.0 Å². The Balaban J connectivity index is 0.000000451. The molecule has 2 saturated heterocycles. The van der Waals surface area contributed by atoms with Crippen LogP contribution < -0.4 is 26.2 Å². The lowest BCUT2D eigenvalue weighted by molar-refractivity contribution is -0.192. The first-order valence-corrected chi connectivity index (χ1v) is 13.1. The van der Waals surface area contributed by atoms with Crippen molar-refractivity contribution in [3.05, 3.63) is 69.5 Å². The van der Waals surface area contributed by atoms with Gasteiger partial charge in [-0.25, -0.2) is 14.6 Å². The molecule has 2 N–H and O–H groups in total. The van der Waals surface area contributed by atoms with Crippen molar-refractivity contribution in [1.29, 1.82) is 0 Å². The lowest BCUT2D eigenvalue weighted by atomic mass is 10.1. The Morgan fingerprint density at radius 3 is 2.60 bits per heavy atom. The molecule has 42 heavy (non-hydrogen) atoms. The highest BCUT2D eigenvalue weighted by Gasteiger charge is 2.40. The number of alkyl halides is 3. The molecular weight excluding hydrogens is 563 g/mol. The molecule has 5 heterocycles. The third-order valence-electron chi connectivity index (χ3n) is 7.26. The van der Waals surface area contributed by atoms with Crippen molar-refractivity contribution in [2.75, 3.05) is 31.1 Å². The molecule has 3 aromatic heterocycles. The van der Waals surface area contributed by atoms with Crippen LogP contribution in [-0.2, 0) is 24.9 Å². The number of aromatic nitrogens is 5. The van der Waals surface area contributed by atoms with Crippen molar-refractivity contribution in [2.24, 2.45) is 13.0 Å². The monoisotopic (exact) mass is 591 g/mol. The predicted octanol–water partition coefficient (Wildman–Crippen LogP) is 1.44. The van der Waals surface area contributed by atoms with E-state index < -0.39 is 23.4 Å². The van der Waals surface area contributed by atoms with Crippen molar-refractivity contribution in [1.82, 2.24) is 29.0 Å². The largest absolute Gasteiger partial charge is 0.492 e. The van der Waals surface area contributed by atoms with Crippen LogP contribution in [0.4, 0.5) is 19.1 Å². The maximum atomic E-state index is 13.7. The Bertz CT molecular complexity index is 1660. The third kappa shape index (κ3) is 5.74. The van der Waals surface area contributed by atoms with Gasteiger partial charge in [0, 0.05) is 32.7 Å². The van der Waals surface area contributed by atoms with Crippen LogP contribution >= 0.6 is 0 Å². The summed E-state index contributed by atoms with van der Waals surface area (Å²) < 4.78 is 47.5. The summed E-state index contributed by atoms with van der Waals surface area (Å²) in [6.45, 7) is 3.24. The minimum absolute atomic E-state index is 0.119. The quantitative estimate of drug-likeness (QED) is 0.323. The molecule has 2 aliphatic rings. The Hall–Kier alpha value is -4.60. The summed E-state index contributed by atoms with van der Waals surface area (Å²) in [5.74, 6) is -0.394. The first kappa shape index (κ1) is 28.9. The molecule has 0 bridgehead atoms. The summed E-state index contributed by atoms with van der Waals surface area (Å²) in [5.41, 5.74) is -0.107. The van der Waals surface area contributed by atoms with Crippen LogP contribution in [0.3, 0.4) is 0 Å². The summed E-state index contributed by atoms with van der Waals surface area (Å²) >= 11 is 0. The van der Waals surface area contributed by atoms with E-state index in [2.05, 4.69) is 15.2 Å². The van der Waals surface area contributed by atoms with Gasteiger partial charge >= 0.3 is 17.8 Å². The first-order valence-electron chi connectivity index (χ1n) is 13.1. The fourth-order valence-electron chi connectivity index (χ4n) is 5.26. The average Bonchev–Trinajstić information content (AvgIpc) is 3.75. The normalized spacial score (nSPS) is 18.1. The Labute approximate surface area is 235 Å². The number of carbonyl (C=O) groups is 1. The molecule has 4 aromatic rings. The number of carboxylic acids is 1. The fourth-order valence-corrected chi connectivity index (χ4v) is 5.26. The smallest absolute Gasteiger partial charge is 0.490 e. The second-order valence-electron chi connectivity index (χ2n) is 9.83. The number of imidazole rings is 1. The number of ether oxygens (including phenoxy) is 1. The van der Waals surface area contributed by atoms with Crippen LogP contribution in [0, 0.1) is 5.92 Å². The minimum Gasteiger partial charge on any atom is -0.492 e. The number of hydrogen-bond donors (Lipinski definition) is 2. The molecule has 2 unspecified atom stereocenters. The Kier molecular flexibility index (Phi) is 8.06. The number of nitrogens with zero attached hydrogens (tertiary/aromatic N) is 6. The first-order chi connectivity index (χ1) is 20.1. The van der Waals surface area contributed by atoms with E-state index in [1.807, 2.05) is 34.9 Å². The number of hydrogen-bond acceptors (Lipinski definition) is 9. The molecule has 224 valence electrons. The van der Waals surface area contributed by atoms with Crippen molar-refractivity contribution in [3.63, 3.8) is 0 Å². The highest BCUT2D eigenvalue weighted by atomic mass is 19.4. The molecule has 0 amide bonds. The van der Waals surface area contributed by atoms with Gasteiger partial charge in [0.25, 0.3) is 5.56 Å². The SMILES string of the molecule is Cn1c(=O)n(CCOc2ccccc2)c(=O)c2c1nc(N1CCC3CNCC31)n2Cc1ncco1.O=C(O)C(F)(F)F. The van der Waals surface area contributed by atoms with Crippen LogP contribution in [-0.4, -0.2) is 73.2 Å². The highest BCUT2D eigenvalue weighted by molar-refractivity contribution is 5.75. The Morgan fingerprint density at radius 1 is 1.19 bits per heavy atom. The van der Waals surface area contributed by atoms with E-state index in [1.54, 1.807) is 13.2 Å². The van der Waals surface area contributed by atoms with Crippen molar-refractivity contribution >= 4 is 23.1 Å². The number of rotatable bonds is 7. The van der Waals surface area contributed by atoms with E-state index in [9.17, 15) is 22.8 Å². The molecule has 13 nitrogen and oxygen atoms in total. The van der Waals surface area contributed by atoms with Crippen molar-refractivity contribution < 1.29 is 32.2 Å². The second kappa shape index (κ2) is 11.7. The summed E-state index contributed by atoms with van der Waals surface area (Å²) in [5, 5.41) is 10.6. The zero-order valence-corrected chi connectivity index (χ0v) is 22.5. The molecule has 2 fully saturated rings. The summed E-state index contributed by atoms with van der Waals surface area (Å²) in [6, 6.07) is 9.62. The number of nitrogens with one attached hydrogen (secondary N) is 1. The minimum atomic E-state index is -5.08. The maximum Gasteiger partial charge on any atom is 0.490 e. The summed E-state index contributed by atoms with van der Waals surface area (Å²) in [6.07, 6.45) is -0.939. The lowest BCUT2D eigenvalue weighted by Crippen LogP contribution is -2.41. The van der Waals surface area contributed by atoms with Gasteiger partial charge in [-0.1, -0.05) is 18.2 Å². The molecule has 2 aliphatic heterocycles. The van der Waals surface area contributed by atoms with Gasteiger partial charge in [0.1, 0.15) is 25.2 Å². The lowest BCUT2D eigenvalue weighted by Gasteiger charge is -2.25. The van der Waals surface area contributed by atoms with Crippen LogP contribution in [0.5, 0.6) is 5.75 Å². The van der Waals surface area contributed by atoms with Gasteiger partial charge < -0.3 is 24.5 Å². The fraction of sp³-hybridized carbons (Fsp3) is 0.423. The highest BCUT2D eigenvalue weighted by Crippen LogP contribution is 2.33. The van der Waals surface area contributed by atoms with Crippen LogP contribution in [0.25, 0.3) is 11.2 Å². The van der Waals surface area contributed by atoms with Crippen LogP contribution in [0.2, 0.25) is 0 Å². The summed E-state index contributed by atoms with van der Waals surface area (Å²) in [4.78, 5) is 47.1. The molecule has 0 spiro atoms. The maximum absolute atomic E-state index is 13.7. The number of halogens is 3. The number of benzene rings is 1. The number of aliphatic carboxylic acids is 1. The zero-order chi connectivity index (χ0) is 30.0. The van der Waals surface area contributed by atoms with Gasteiger partial charge in [-0.15, -0.1) is 0 Å². The van der Waals surface area contributed by atoms with E-state index >= 15 is 0 Å². The van der Waals surface area contributed by atoms with E-state index in [1.165, 1.54) is 15.4 Å². The van der Waals surface area contributed by atoms with Crippen molar-refractivity contribution in [2.45, 2.75) is 31.7 Å². The second-order valence-corrected chi connectivity index (χ2v) is 9.83. The molecule has 1 aromatic carbocycles. The number of anilines is 1. The molecule has 0 radical (unpaired) electrons. The van der Waals surface area contributed by atoms with E-state index in [-0.39, 0.29) is 19.7 Å². The van der Waals surface area contributed by atoms with Gasteiger partial charge in [0.15, 0.2) is 11.2 Å². The van der Waals surface area contributed by atoms with Crippen LogP contribution in [0.15, 0.2) is 56.8 Å².